The number of aromatic amines is 1. The van der Waals surface area contributed by atoms with E-state index in [1.54, 1.807) is 0 Å². The summed E-state index contributed by atoms with van der Waals surface area (Å²) in [7, 11) is 0. The quantitative estimate of drug-likeness (QED) is 0.463. The number of carboxylic acid groups (broad SMARTS) is 1. The van der Waals surface area contributed by atoms with Crippen molar-refractivity contribution < 1.29 is 19.4 Å². The first kappa shape index (κ1) is 23.5. The van der Waals surface area contributed by atoms with Gasteiger partial charge in [-0.05, 0) is 24.5 Å². The maximum atomic E-state index is 12.6. The van der Waals surface area contributed by atoms with Gasteiger partial charge >= 0.3 is 5.97 Å². The summed E-state index contributed by atoms with van der Waals surface area (Å²) in [6, 6.07) is 17.0. The highest BCUT2D eigenvalue weighted by molar-refractivity contribution is 5.95. The minimum atomic E-state index is -0.866. The van der Waals surface area contributed by atoms with Gasteiger partial charge in [0.2, 0.25) is 5.91 Å². The molecule has 0 saturated carbocycles. The number of fused-ring (bicyclic) bond motifs is 1. The first-order valence-corrected chi connectivity index (χ1v) is 12.3. The number of hydrogen-bond donors (Lipinski definition) is 3. The lowest BCUT2D eigenvalue weighted by Gasteiger charge is -2.37. The molecule has 0 bridgehead atoms. The summed E-state index contributed by atoms with van der Waals surface area (Å²) in [5.41, 5.74) is 3.53. The van der Waals surface area contributed by atoms with E-state index in [0.717, 1.165) is 47.2 Å². The number of carbonyl (C=O) groups excluding carboxylic acids is 1. The van der Waals surface area contributed by atoms with E-state index in [0.29, 0.717) is 39.3 Å². The topological polar surface area (TPSA) is 97.9 Å². The summed E-state index contributed by atoms with van der Waals surface area (Å²) in [5.74, 6) is -0.874. The highest BCUT2D eigenvalue weighted by Gasteiger charge is 2.34. The Bertz CT molecular complexity index is 1160. The number of aliphatic carboxylic acids is 1. The van der Waals surface area contributed by atoms with Crippen LogP contribution in [0.5, 0.6) is 0 Å². The molecule has 3 N–H and O–H groups in total. The molecule has 0 unspecified atom stereocenters. The van der Waals surface area contributed by atoms with Crippen LogP contribution < -0.4 is 5.32 Å². The minimum absolute atomic E-state index is 0.00766. The van der Waals surface area contributed by atoms with Crippen LogP contribution in [0.4, 0.5) is 0 Å². The number of benzene rings is 2. The van der Waals surface area contributed by atoms with Gasteiger partial charge in [-0.25, -0.2) is 0 Å². The average Bonchev–Trinajstić information content (AvgIpc) is 3.53. The summed E-state index contributed by atoms with van der Waals surface area (Å²) >= 11 is 0. The molecule has 8 nitrogen and oxygen atoms in total. The normalized spacial score (nSPS) is 20.2. The zero-order chi connectivity index (χ0) is 24.2. The zero-order valence-corrected chi connectivity index (χ0v) is 19.8. The number of para-hydroxylation sites is 1. The van der Waals surface area contributed by atoms with E-state index >= 15 is 0 Å². The second-order valence-electron chi connectivity index (χ2n) is 9.32. The van der Waals surface area contributed by atoms with Crippen LogP contribution in [0.1, 0.15) is 24.4 Å². The summed E-state index contributed by atoms with van der Waals surface area (Å²) in [6.45, 7) is 4.08. The van der Waals surface area contributed by atoms with Gasteiger partial charge in [-0.15, -0.1) is 0 Å². The number of rotatable bonds is 8. The summed E-state index contributed by atoms with van der Waals surface area (Å²) in [5, 5.41) is 14.3. The van der Waals surface area contributed by atoms with Crippen LogP contribution in [-0.4, -0.2) is 83.7 Å². The fourth-order valence-electron chi connectivity index (χ4n) is 5.21. The first-order valence-electron chi connectivity index (χ1n) is 12.3. The standard InChI is InChI=1S/C27H32N4O4/c32-23(28-17-20-9-6-16-35-20)18-30-12-14-31(15-13-30)26(27(33)34)24-21-10-4-5-11-22(21)29-25(24)19-7-2-1-3-8-19/h1-5,7-8,10-11,20,26,29H,6,9,12-18H2,(H,28,32)(H,33,34)/t20-,26-/m1/s1. The second-order valence-corrected chi connectivity index (χ2v) is 9.32. The van der Waals surface area contributed by atoms with Crippen molar-refractivity contribution in [1.29, 1.82) is 0 Å². The van der Waals surface area contributed by atoms with Gasteiger partial charge in [0.1, 0.15) is 6.04 Å². The Morgan fingerprint density at radius 1 is 1.06 bits per heavy atom. The van der Waals surface area contributed by atoms with Crippen molar-refractivity contribution in [3.63, 3.8) is 0 Å². The van der Waals surface area contributed by atoms with E-state index in [9.17, 15) is 14.7 Å². The molecule has 5 rings (SSSR count). The number of carboxylic acids is 1. The van der Waals surface area contributed by atoms with E-state index in [-0.39, 0.29) is 12.0 Å². The van der Waals surface area contributed by atoms with Gasteiger partial charge in [-0.1, -0.05) is 48.5 Å². The van der Waals surface area contributed by atoms with Crippen molar-refractivity contribution in [2.45, 2.75) is 25.0 Å². The molecule has 3 heterocycles. The first-order chi connectivity index (χ1) is 17.1. The Balaban J connectivity index is 1.31. The molecule has 0 radical (unpaired) electrons. The van der Waals surface area contributed by atoms with Gasteiger partial charge < -0.3 is 20.1 Å². The zero-order valence-electron chi connectivity index (χ0n) is 19.8. The average molecular weight is 477 g/mol. The third-order valence-corrected chi connectivity index (χ3v) is 7.01. The summed E-state index contributed by atoms with van der Waals surface area (Å²) in [4.78, 5) is 32.6. The van der Waals surface area contributed by atoms with E-state index < -0.39 is 12.0 Å². The lowest BCUT2D eigenvalue weighted by atomic mass is 9.97. The molecule has 2 aliphatic heterocycles. The SMILES string of the molecule is O=C(CN1CCN([C@@H](C(=O)O)c2c(-c3ccccc3)[nH]c3ccccc23)CC1)NC[C@H]1CCCO1. The van der Waals surface area contributed by atoms with Crippen molar-refractivity contribution in [3.8, 4) is 11.3 Å². The van der Waals surface area contributed by atoms with E-state index in [4.69, 9.17) is 4.74 Å². The number of carbonyl (C=O) groups is 2. The number of hydrogen-bond acceptors (Lipinski definition) is 5. The smallest absolute Gasteiger partial charge is 0.325 e. The molecule has 2 aliphatic rings. The van der Waals surface area contributed by atoms with E-state index in [1.807, 2.05) is 59.5 Å². The number of nitrogens with one attached hydrogen (secondary N) is 2. The van der Waals surface area contributed by atoms with Gasteiger partial charge in [0.15, 0.2) is 0 Å². The summed E-state index contributed by atoms with van der Waals surface area (Å²) in [6.07, 6.45) is 2.17. The molecule has 2 fully saturated rings. The number of piperazine rings is 1. The van der Waals surface area contributed by atoms with Crippen LogP contribution in [0.15, 0.2) is 54.6 Å². The number of nitrogens with zero attached hydrogens (tertiary/aromatic N) is 2. The Morgan fingerprint density at radius 3 is 2.51 bits per heavy atom. The highest BCUT2D eigenvalue weighted by Crippen LogP contribution is 2.37. The monoisotopic (exact) mass is 476 g/mol. The maximum absolute atomic E-state index is 12.6. The van der Waals surface area contributed by atoms with Crippen molar-refractivity contribution in [2.75, 3.05) is 45.9 Å². The molecule has 35 heavy (non-hydrogen) atoms. The Morgan fingerprint density at radius 2 is 1.80 bits per heavy atom. The fraction of sp³-hybridized carbons (Fsp3) is 0.407. The molecule has 0 spiro atoms. The van der Waals surface area contributed by atoms with Crippen LogP contribution in [0, 0.1) is 0 Å². The largest absolute Gasteiger partial charge is 0.480 e. The van der Waals surface area contributed by atoms with Crippen molar-refractivity contribution >= 4 is 22.8 Å². The Hall–Kier alpha value is -3.20. The lowest BCUT2D eigenvalue weighted by molar-refractivity contribution is -0.144. The molecule has 184 valence electrons. The van der Waals surface area contributed by atoms with Gasteiger partial charge in [-0.3, -0.25) is 19.4 Å². The van der Waals surface area contributed by atoms with Crippen molar-refractivity contribution in [2.24, 2.45) is 0 Å². The van der Waals surface area contributed by atoms with E-state index in [1.165, 1.54) is 0 Å². The third-order valence-electron chi connectivity index (χ3n) is 7.01. The molecule has 2 saturated heterocycles. The van der Waals surface area contributed by atoms with Crippen LogP contribution in [0.25, 0.3) is 22.2 Å². The maximum Gasteiger partial charge on any atom is 0.325 e. The van der Waals surface area contributed by atoms with E-state index in [2.05, 4.69) is 15.2 Å². The predicted molar refractivity (Wildman–Crippen MR) is 134 cm³/mol. The predicted octanol–water partition coefficient (Wildman–Crippen LogP) is 2.87. The van der Waals surface area contributed by atoms with Gasteiger partial charge in [0.05, 0.1) is 18.3 Å². The van der Waals surface area contributed by atoms with Crippen LogP contribution in [-0.2, 0) is 14.3 Å². The summed E-state index contributed by atoms with van der Waals surface area (Å²) < 4.78 is 5.57. The molecule has 1 aromatic heterocycles. The van der Waals surface area contributed by atoms with Crippen LogP contribution >= 0.6 is 0 Å². The lowest BCUT2D eigenvalue weighted by Crippen LogP contribution is -2.51. The number of amides is 1. The minimum Gasteiger partial charge on any atom is -0.480 e. The fourth-order valence-corrected chi connectivity index (χ4v) is 5.21. The van der Waals surface area contributed by atoms with Gasteiger partial charge in [0.25, 0.3) is 0 Å². The second kappa shape index (κ2) is 10.6. The molecule has 8 heteroatoms. The number of ether oxygens (including phenoxy) is 1. The molecule has 1 amide bonds. The molecule has 2 atom stereocenters. The molecule has 2 aromatic carbocycles. The number of aromatic nitrogens is 1. The Kier molecular flexibility index (Phi) is 7.13. The molecular weight excluding hydrogens is 444 g/mol. The highest BCUT2D eigenvalue weighted by atomic mass is 16.5. The van der Waals surface area contributed by atoms with Gasteiger partial charge in [-0.2, -0.15) is 0 Å². The van der Waals surface area contributed by atoms with Crippen LogP contribution in [0.2, 0.25) is 0 Å². The Labute approximate surface area is 204 Å². The van der Waals surface area contributed by atoms with Crippen LogP contribution in [0.3, 0.4) is 0 Å². The third kappa shape index (κ3) is 5.24. The van der Waals surface area contributed by atoms with Crippen molar-refractivity contribution in [3.05, 3.63) is 60.2 Å². The molecule has 0 aliphatic carbocycles. The van der Waals surface area contributed by atoms with Gasteiger partial charge in [0, 0.05) is 55.8 Å². The number of H-pyrrole nitrogens is 1. The van der Waals surface area contributed by atoms with Crippen molar-refractivity contribution in [1.82, 2.24) is 20.1 Å². The molecule has 3 aromatic rings. The molecular formula is C27H32N4O4.